The Labute approximate surface area is 153 Å². The number of imide groups is 1. The smallest absolute Gasteiger partial charge is 0.261 e. The first-order chi connectivity index (χ1) is 12.6. The van der Waals surface area contributed by atoms with Crippen LogP contribution in [0.1, 0.15) is 58.5 Å². The molecule has 3 rings (SSSR count). The summed E-state index contributed by atoms with van der Waals surface area (Å²) in [6.07, 6.45) is 1.87. The van der Waals surface area contributed by atoms with Gasteiger partial charge in [0.1, 0.15) is 0 Å². The van der Waals surface area contributed by atoms with Crippen LogP contribution < -0.4 is 5.32 Å². The van der Waals surface area contributed by atoms with E-state index in [9.17, 15) is 14.4 Å². The minimum atomic E-state index is -0.327. The third-order valence-corrected chi connectivity index (χ3v) is 4.56. The van der Waals surface area contributed by atoms with Crippen LogP contribution in [0.5, 0.6) is 0 Å². The molecule has 26 heavy (non-hydrogen) atoms. The summed E-state index contributed by atoms with van der Waals surface area (Å²) in [7, 11) is 0. The Morgan fingerprint density at radius 3 is 2.12 bits per heavy atom. The highest BCUT2D eigenvalue weighted by molar-refractivity contribution is 6.21. The highest BCUT2D eigenvalue weighted by atomic mass is 16.2. The van der Waals surface area contributed by atoms with Crippen LogP contribution in [0, 0.1) is 0 Å². The molecule has 1 aliphatic rings. The second-order valence-electron chi connectivity index (χ2n) is 6.38. The van der Waals surface area contributed by atoms with Crippen LogP contribution in [0.15, 0.2) is 54.6 Å². The quantitative estimate of drug-likeness (QED) is 0.779. The molecule has 1 heterocycles. The Morgan fingerprint density at radius 1 is 0.962 bits per heavy atom. The van der Waals surface area contributed by atoms with Crippen molar-refractivity contribution in [3.8, 4) is 0 Å². The monoisotopic (exact) mass is 350 g/mol. The van der Waals surface area contributed by atoms with E-state index in [-0.39, 0.29) is 36.7 Å². The van der Waals surface area contributed by atoms with Crippen molar-refractivity contribution in [2.75, 3.05) is 6.54 Å². The Bertz CT molecular complexity index is 782. The van der Waals surface area contributed by atoms with Gasteiger partial charge in [0.2, 0.25) is 5.91 Å². The van der Waals surface area contributed by atoms with E-state index in [1.54, 1.807) is 24.3 Å². The number of fused-ring (bicyclic) bond motifs is 1. The van der Waals surface area contributed by atoms with E-state index in [1.165, 1.54) is 0 Å². The molecule has 0 spiro atoms. The van der Waals surface area contributed by atoms with Gasteiger partial charge in [-0.1, -0.05) is 55.8 Å². The first-order valence-electron chi connectivity index (χ1n) is 8.91. The molecule has 1 N–H and O–H groups in total. The average molecular weight is 350 g/mol. The third kappa shape index (κ3) is 3.67. The van der Waals surface area contributed by atoms with E-state index >= 15 is 0 Å². The second kappa shape index (κ2) is 7.95. The third-order valence-electron chi connectivity index (χ3n) is 4.56. The maximum atomic E-state index is 12.4. The molecule has 0 saturated carbocycles. The summed E-state index contributed by atoms with van der Waals surface area (Å²) in [6.45, 7) is 2.16. The molecule has 5 heteroatoms. The molecule has 0 saturated heterocycles. The first kappa shape index (κ1) is 17.9. The molecule has 0 aliphatic carbocycles. The van der Waals surface area contributed by atoms with E-state index in [1.807, 2.05) is 30.3 Å². The zero-order valence-corrected chi connectivity index (χ0v) is 14.8. The summed E-state index contributed by atoms with van der Waals surface area (Å²) < 4.78 is 0. The Morgan fingerprint density at radius 2 is 1.54 bits per heavy atom. The zero-order chi connectivity index (χ0) is 18.5. The minimum absolute atomic E-state index is 0.0594. The lowest BCUT2D eigenvalue weighted by Crippen LogP contribution is -2.35. The van der Waals surface area contributed by atoms with Crippen molar-refractivity contribution in [1.82, 2.24) is 10.2 Å². The first-order valence-corrected chi connectivity index (χ1v) is 8.91. The molecule has 0 bridgehead atoms. The maximum Gasteiger partial charge on any atom is 0.261 e. The van der Waals surface area contributed by atoms with Gasteiger partial charge in [0, 0.05) is 13.0 Å². The molecule has 3 amide bonds. The number of nitrogens with one attached hydrogen (secondary N) is 1. The molecule has 2 aromatic rings. The topological polar surface area (TPSA) is 66.5 Å². The van der Waals surface area contributed by atoms with Gasteiger partial charge in [-0.25, -0.2) is 0 Å². The van der Waals surface area contributed by atoms with Crippen molar-refractivity contribution in [2.45, 2.75) is 32.2 Å². The fourth-order valence-corrected chi connectivity index (χ4v) is 3.22. The van der Waals surface area contributed by atoms with Crippen LogP contribution >= 0.6 is 0 Å². The molecule has 0 radical (unpaired) electrons. The number of benzene rings is 2. The predicted molar refractivity (Wildman–Crippen MR) is 98.7 cm³/mol. The Balaban J connectivity index is 1.60. The highest BCUT2D eigenvalue weighted by Gasteiger charge is 2.35. The van der Waals surface area contributed by atoms with Crippen molar-refractivity contribution in [3.63, 3.8) is 0 Å². The summed E-state index contributed by atoms with van der Waals surface area (Å²) in [5.41, 5.74) is 1.88. The highest BCUT2D eigenvalue weighted by Crippen LogP contribution is 2.23. The molecular formula is C21H22N2O3. The van der Waals surface area contributed by atoms with E-state index < -0.39 is 0 Å². The van der Waals surface area contributed by atoms with Crippen LogP contribution in [0.4, 0.5) is 0 Å². The number of carbonyl (C=O) groups excluding carboxylic acids is 3. The minimum Gasteiger partial charge on any atom is -0.349 e. The van der Waals surface area contributed by atoms with Crippen molar-refractivity contribution in [1.29, 1.82) is 0 Å². The van der Waals surface area contributed by atoms with Crippen LogP contribution in [0.3, 0.4) is 0 Å². The zero-order valence-electron chi connectivity index (χ0n) is 14.8. The number of nitrogens with zero attached hydrogens (tertiary/aromatic N) is 1. The van der Waals surface area contributed by atoms with Crippen LogP contribution in [0.25, 0.3) is 0 Å². The summed E-state index contributed by atoms with van der Waals surface area (Å²) in [5.74, 6) is -0.818. The summed E-state index contributed by atoms with van der Waals surface area (Å²) in [5, 5.41) is 3.02. The van der Waals surface area contributed by atoms with Crippen molar-refractivity contribution in [2.24, 2.45) is 0 Å². The van der Waals surface area contributed by atoms with E-state index in [0.717, 1.165) is 23.3 Å². The van der Waals surface area contributed by atoms with Crippen molar-refractivity contribution < 1.29 is 14.4 Å². The number of amides is 3. The van der Waals surface area contributed by atoms with Gasteiger partial charge in [-0.2, -0.15) is 0 Å². The van der Waals surface area contributed by atoms with Gasteiger partial charge in [0.15, 0.2) is 0 Å². The number of carbonyl (C=O) groups is 3. The maximum absolute atomic E-state index is 12.4. The normalized spacial score (nSPS) is 14.3. The molecule has 0 fully saturated rings. The molecule has 1 aliphatic heterocycles. The number of rotatable bonds is 7. The van der Waals surface area contributed by atoms with Crippen LogP contribution in [-0.4, -0.2) is 29.2 Å². The van der Waals surface area contributed by atoms with Gasteiger partial charge in [-0.05, 0) is 24.1 Å². The van der Waals surface area contributed by atoms with Gasteiger partial charge in [-0.15, -0.1) is 0 Å². The second-order valence-corrected chi connectivity index (χ2v) is 6.38. The van der Waals surface area contributed by atoms with E-state index in [4.69, 9.17) is 0 Å². The van der Waals surface area contributed by atoms with Gasteiger partial charge in [0.05, 0.1) is 17.2 Å². The SMILES string of the molecule is CCC[C@H](NC(=O)CCN1C(=O)c2ccccc2C1=O)c1ccccc1. The lowest BCUT2D eigenvalue weighted by molar-refractivity contribution is -0.122. The van der Waals surface area contributed by atoms with Gasteiger partial charge < -0.3 is 5.32 Å². The van der Waals surface area contributed by atoms with Gasteiger partial charge in [0.25, 0.3) is 11.8 Å². The lowest BCUT2D eigenvalue weighted by atomic mass is 10.0. The summed E-state index contributed by atoms with van der Waals surface area (Å²) in [4.78, 5) is 38.2. The average Bonchev–Trinajstić information content (AvgIpc) is 2.91. The van der Waals surface area contributed by atoms with Crippen LogP contribution in [-0.2, 0) is 4.79 Å². The van der Waals surface area contributed by atoms with Crippen molar-refractivity contribution >= 4 is 17.7 Å². The molecule has 134 valence electrons. The fourth-order valence-electron chi connectivity index (χ4n) is 3.22. The molecule has 1 atom stereocenters. The molecular weight excluding hydrogens is 328 g/mol. The van der Waals surface area contributed by atoms with Crippen molar-refractivity contribution in [3.05, 3.63) is 71.3 Å². The Kier molecular flexibility index (Phi) is 5.46. The fraction of sp³-hybridized carbons (Fsp3) is 0.286. The lowest BCUT2D eigenvalue weighted by Gasteiger charge is -2.20. The summed E-state index contributed by atoms with van der Waals surface area (Å²) in [6, 6.07) is 16.5. The Hall–Kier alpha value is -2.95. The van der Waals surface area contributed by atoms with Gasteiger partial charge >= 0.3 is 0 Å². The summed E-state index contributed by atoms with van der Waals surface area (Å²) >= 11 is 0. The number of hydrogen-bond acceptors (Lipinski definition) is 3. The molecule has 5 nitrogen and oxygen atoms in total. The largest absolute Gasteiger partial charge is 0.349 e. The number of hydrogen-bond donors (Lipinski definition) is 1. The van der Waals surface area contributed by atoms with Gasteiger partial charge in [-0.3, -0.25) is 19.3 Å². The molecule has 2 aromatic carbocycles. The standard InChI is InChI=1S/C21H22N2O3/c1-2-8-18(15-9-4-3-5-10-15)22-19(24)13-14-23-20(25)16-11-6-7-12-17(16)21(23)26/h3-7,9-12,18H,2,8,13-14H2,1H3,(H,22,24)/t18-/m0/s1. The van der Waals surface area contributed by atoms with E-state index in [0.29, 0.717) is 11.1 Å². The van der Waals surface area contributed by atoms with Crippen LogP contribution in [0.2, 0.25) is 0 Å². The molecule has 0 aromatic heterocycles. The van der Waals surface area contributed by atoms with E-state index in [2.05, 4.69) is 12.2 Å². The molecule has 0 unspecified atom stereocenters. The predicted octanol–water partition coefficient (Wildman–Crippen LogP) is 3.33.